The van der Waals surface area contributed by atoms with Crippen LogP contribution in [0.5, 0.6) is 0 Å². The third kappa shape index (κ3) is 1.57. The maximum absolute atomic E-state index is 11.7. The van der Waals surface area contributed by atoms with Gasteiger partial charge in [0.2, 0.25) is 5.78 Å². The Bertz CT molecular complexity index is 421. The van der Waals surface area contributed by atoms with Crippen LogP contribution in [0.4, 0.5) is 0 Å². The van der Waals surface area contributed by atoms with Crippen LogP contribution in [0.25, 0.3) is 0 Å². The van der Waals surface area contributed by atoms with E-state index in [0.717, 1.165) is 4.47 Å². The number of hydrogen-bond donors (Lipinski definition) is 1. The topological polar surface area (TPSA) is 45.8 Å². The summed E-state index contributed by atoms with van der Waals surface area (Å²) in [6, 6.07) is 0. The van der Waals surface area contributed by atoms with E-state index in [-0.39, 0.29) is 5.78 Å². The molecule has 0 amide bonds. The molecule has 0 fully saturated rings. The number of halogens is 1. The van der Waals surface area contributed by atoms with Crippen LogP contribution in [0.3, 0.4) is 0 Å². The average molecular weight is 257 g/mol. The summed E-state index contributed by atoms with van der Waals surface area (Å²) in [6.07, 6.45) is 3.20. The van der Waals surface area contributed by atoms with Gasteiger partial charge in [-0.05, 0) is 15.9 Å². The third-order valence-electron chi connectivity index (χ3n) is 1.57. The van der Waals surface area contributed by atoms with Gasteiger partial charge < -0.3 is 4.98 Å². The molecule has 0 unspecified atom stereocenters. The first-order chi connectivity index (χ1) is 6.29. The van der Waals surface area contributed by atoms with E-state index in [9.17, 15) is 4.79 Å². The Hall–Kier alpha value is -0.940. The van der Waals surface area contributed by atoms with Crippen molar-refractivity contribution in [3.63, 3.8) is 0 Å². The molecule has 2 aromatic rings. The molecule has 0 atom stereocenters. The molecule has 0 aliphatic carbocycles. The zero-order chi connectivity index (χ0) is 9.26. The predicted octanol–water partition coefficient (Wildman–Crippen LogP) is 2.46. The van der Waals surface area contributed by atoms with Gasteiger partial charge in [0.25, 0.3) is 0 Å². The molecule has 2 aromatic heterocycles. The van der Waals surface area contributed by atoms with Crippen LogP contribution in [0.1, 0.15) is 16.2 Å². The van der Waals surface area contributed by atoms with Gasteiger partial charge in [-0.1, -0.05) is 0 Å². The Labute approximate surface area is 87.0 Å². The number of aromatic amines is 1. The minimum atomic E-state index is -0.0851. The van der Waals surface area contributed by atoms with E-state index in [1.54, 1.807) is 17.8 Å². The van der Waals surface area contributed by atoms with Crippen molar-refractivity contribution in [1.29, 1.82) is 0 Å². The number of imidazole rings is 1. The van der Waals surface area contributed by atoms with Crippen molar-refractivity contribution in [2.75, 3.05) is 0 Å². The third-order valence-corrected chi connectivity index (χ3v) is 3.28. The Morgan fingerprint density at radius 1 is 1.54 bits per heavy atom. The molecular formula is C8H5BrN2OS. The second-order valence-electron chi connectivity index (χ2n) is 2.40. The zero-order valence-electron chi connectivity index (χ0n) is 6.45. The number of aromatic nitrogens is 2. The van der Waals surface area contributed by atoms with E-state index in [1.165, 1.54) is 11.3 Å². The molecule has 0 aromatic carbocycles. The lowest BCUT2D eigenvalue weighted by Crippen LogP contribution is -2.02. The number of nitrogens with one attached hydrogen (secondary N) is 1. The van der Waals surface area contributed by atoms with Gasteiger partial charge in [-0.15, -0.1) is 0 Å². The molecule has 2 rings (SSSR count). The van der Waals surface area contributed by atoms with Gasteiger partial charge in [0.1, 0.15) is 0 Å². The Morgan fingerprint density at radius 3 is 2.92 bits per heavy atom. The lowest BCUT2D eigenvalue weighted by atomic mass is 10.2. The number of H-pyrrole nitrogens is 1. The minimum absolute atomic E-state index is 0.0851. The molecule has 0 radical (unpaired) electrons. The zero-order valence-corrected chi connectivity index (χ0v) is 8.85. The molecule has 13 heavy (non-hydrogen) atoms. The second kappa shape index (κ2) is 3.43. The second-order valence-corrected chi connectivity index (χ2v) is 4.00. The molecule has 5 heteroatoms. The summed E-state index contributed by atoms with van der Waals surface area (Å²) in [5, 5.41) is 3.67. The first-order valence-corrected chi connectivity index (χ1v) is 5.28. The highest BCUT2D eigenvalue weighted by atomic mass is 79.9. The van der Waals surface area contributed by atoms with Crippen LogP contribution in [0.2, 0.25) is 0 Å². The fourth-order valence-corrected chi connectivity index (χ4v) is 2.41. The summed E-state index contributed by atoms with van der Waals surface area (Å²) >= 11 is 4.78. The molecule has 0 saturated carbocycles. The molecule has 66 valence electrons. The van der Waals surface area contributed by atoms with Crippen LogP contribution < -0.4 is 0 Å². The average Bonchev–Trinajstić information content (AvgIpc) is 2.72. The first-order valence-electron chi connectivity index (χ1n) is 3.55. The van der Waals surface area contributed by atoms with Gasteiger partial charge in [-0.3, -0.25) is 4.79 Å². The van der Waals surface area contributed by atoms with Crippen LogP contribution >= 0.6 is 27.3 Å². The van der Waals surface area contributed by atoms with Gasteiger partial charge in [0.05, 0.1) is 5.56 Å². The molecule has 2 heterocycles. The number of carbonyl (C=O) groups excluding carboxylic acids is 1. The van der Waals surface area contributed by atoms with Crippen molar-refractivity contribution >= 4 is 33.0 Å². The van der Waals surface area contributed by atoms with Crippen molar-refractivity contribution in [2.45, 2.75) is 0 Å². The number of nitrogens with zero attached hydrogens (tertiary/aromatic N) is 1. The first kappa shape index (κ1) is 8.65. The maximum atomic E-state index is 11.7. The normalized spacial score (nSPS) is 10.2. The van der Waals surface area contributed by atoms with Crippen molar-refractivity contribution < 1.29 is 4.79 Å². The summed E-state index contributed by atoms with van der Waals surface area (Å²) in [7, 11) is 0. The largest absolute Gasteiger partial charge is 0.342 e. The highest BCUT2D eigenvalue weighted by molar-refractivity contribution is 9.10. The fraction of sp³-hybridized carbons (Fsp3) is 0. The van der Waals surface area contributed by atoms with Crippen LogP contribution in [0.15, 0.2) is 27.6 Å². The summed E-state index contributed by atoms with van der Waals surface area (Å²) in [5.74, 6) is 0.289. The Balaban J connectivity index is 2.39. The van der Waals surface area contributed by atoms with Crippen LogP contribution in [-0.4, -0.2) is 15.8 Å². The molecule has 3 nitrogen and oxygen atoms in total. The molecule has 0 spiro atoms. The quantitative estimate of drug-likeness (QED) is 0.840. The SMILES string of the molecule is O=C(c1ncc[nH]1)c1cscc1Br. The molecule has 0 saturated heterocycles. The monoisotopic (exact) mass is 256 g/mol. The van der Waals surface area contributed by atoms with E-state index in [4.69, 9.17) is 0 Å². The van der Waals surface area contributed by atoms with Gasteiger partial charge in [0.15, 0.2) is 5.82 Å². The molecular weight excluding hydrogens is 252 g/mol. The van der Waals surface area contributed by atoms with Gasteiger partial charge in [0, 0.05) is 27.6 Å². The smallest absolute Gasteiger partial charge is 0.230 e. The summed E-state index contributed by atoms with van der Waals surface area (Å²) in [6.45, 7) is 0. The number of carbonyl (C=O) groups is 1. The lowest BCUT2D eigenvalue weighted by Gasteiger charge is -1.93. The highest BCUT2D eigenvalue weighted by Gasteiger charge is 2.14. The molecule has 1 N–H and O–H groups in total. The molecule has 0 aliphatic heterocycles. The molecule has 0 aliphatic rings. The van der Waals surface area contributed by atoms with E-state index in [1.807, 2.05) is 5.38 Å². The number of thiophene rings is 1. The summed E-state index contributed by atoms with van der Waals surface area (Å²) in [5.41, 5.74) is 0.653. The number of hydrogen-bond acceptors (Lipinski definition) is 3. The minimum Gasteiger partial charge on any atom is -0.342 e. The Morgan fingerprint density at radius 2 is 2.38 bits per heavy atom. The predicted molar refractivity (Wildman–Crippen MR) is 54.0 cm³/mol. The standard InChI is InChI=1S/C8H5BrN2OS/c9-6-4-13-3-5(6)7(12)8-10-1-2-11-8/h1-4H,(H,10,11). The van der Waals surface area contributed by atoms with E-state index >= 15 is 0 Å². The van der Waals surface area contributed by atoms with Crippen molar-refractivity contribution in [3.05, 3.63) is 39.0 Å². The maximum Gasteiger partial charge on any atom is 0.230 e. The summed E-state index contributed by atoms with van der Waals surface area (Å²) in [4.78, 5) is 18.3. The van der Waals surface area contributed by atoms with Gasteiger partial charge in [-0.25, -0.2) is 4.98 Å². The fourth-order valence-electron chi connectivity index (χ4n) is 0.961. The van der Waals surface area contributed by atoms with E-state index in [2.05, 4.69) is 25.9 Å². The Kier molecular flexibility index (Phi) is 2.28. The lowest BCUT2D eigenvalue weighted by molar-refractivity contribution is 0.103. The van der Waals surface area contributed by atoms with E-state index < -0.39 is 0 Å². The van der Waals surface area contributed by atoms with Gasteiger partial charge >= 0.3 is 0 Å². The van der Waals surface area contributed by atoms with Crippen molar-refractivity contribution in [2.24, 2.45) is 0 Å². The van der Waals surface area contributed by atoms with Gasteiger partial charge in [-0.2, -0.15) is 11.3 Å². The summed E-state index contributed by atoms with van der Waals surface area (Å²) < 4.78 is 0.818. The van der Waals surface area contributed by atoms with E-state index in [0.29, 0.717) is 11.4 Å². The number of ketones is 1. The van der Waals surface area contributed by atoms with Crippen molar-refractivity contribution in [3.8, 4) is 0 Å². The van der Waals surface area contributed by atoms with Crippen LogP contribution in [-0.2, 0) is 0 Å². The van der Waals surface area contributed by atoms with Crippen molar-refractivity contribution in [1.82, 2.24) is 9.97 Å². The van der Waals surface area contributed by atoms with Crippen LogP contribution in [0, 0.1) is 0 Å². The molecule has 0 bridgehead atoms. The number of rotatable bonds is 2. The highest BCUT2D eigenvalue weighted by Crippen LogP contribution is 2.22.